The molecule has 0 atom stereocenters. The van der Waals surface area contributed by atoms with Crippen LogP contribution in [-0.4, -0.2) is 10.8 Å². The first kappa shape index (κ1) is 12.6. The van der Waals surface area contributed by atoms with Gasteiger partial charge in [-0.1, -0.05) is 24.3 Å². The van der Waals surface area contributed by atoms with Crippen molar-refractivity contribution in [1.29, 1.82) is 0 Å². The maximum Gasteiger partial charge on any atom is 0.169 e. The van der Waals surface area contributed by atoms with Crippen LogP contribution in [0.1, 0.15) is 21.5 Å². The van der Waals surface area contributed by atoms with E-state index < -0.39 is 0 Å². The fourth-order valence-corrected chi connectivity index (χ4v) is 2.40. The van der Waals surface area contributed by atoms with Crippen LogP contribution in [0.2, 0.25) is 0 Å². The maximum atomic E-state index is 13.1. The van der Waals surface area contributed by atoms with E-state index in [1.165, 1.54) is 12.1 Å². The van der Waals surface area contributed by atoms with Gasteiger partial charge in [-0.2, -0.15) is 0 Å². The Labute approximate surface area is 116 Å². The van der Waals surface area contributed by atoms with Gasteiger partial charge in [0.15, 0.2) is 5.78 Å². The van der Waals surface area contributed by atoms with Crippen LogP contribution in [0.4, 0.5) is 4.39 Å². The van der Waals surface area contributed by atoms with Crippen molar-refractivity contribution < 1.29 is 9.18 Å². The van der Waals surface area contributed by atoms with E-state index in [1.807, 2.05) is 25.1 Å². The first-order valence-electron chi connectivity index (χ1n) is 6.49. The van der Waals surface area contributed by atoms with Crippen molar-refractivity contribution in [3.8, 4) is 0 Å². The van der Waals surface area contributed by atoms with Gasteiger partial charge in [-0.15, -0.1) is 0 Å². The lowest BCUT2D eigenvalue weighted by molar-refractivity contribution is 0.0994. The smallest absolute Gasteiger partial charge is 0.169 e. The number of benzene rings is 2. The van der Waals surface area contributed by atoms with Gasteiger partial charge >= 0.3 is 0 Å². The van der Waals surface area contributed by atoms with E-state index in [2.05, 4.69) is 4.98 Å². The zero-order valence-corrected chi connectivity index (χ0v) is 11.1. The van der Waals surface area contributed by atoms with Gasteiger partial charge in [0.1, 0.15) is 5.82 Å². The molecular formula is C17H14FNO. The molecule has 0 amide bonds. The van der Waals surface area contributed by atoms with Crippen molar-refractivity contribution in [2.75, 3.05) is 0 Å². The molecule has 0 unspecified atom stereocenters. The minimum absolute atomic E-state index is 0.00861. The highest BCUT2D eigenvalue weighted by molar-refractivity contribution is 6.08. The average Bonchev–Trinajstić information content (AvgIpc) is 2.81. The first-order valence-corrected chi connectivity index (χ1v) is 6.49. The van der Waals surface area contributed by atoms with E-state index >= 15 is 0 Å². The van der Waals surface area contributed by atoms with Gasteiger partial charge in [-0.25, -0.2) is 4.39 Å². The molecule has 0 spiro atoms. The molecule has 20 heavy (non-hydrogen) atoms. The summed E-state index contributed by atoms with van der Waals surface area (Å²) in [7, 11) is 0. The number of aromatic nitrogens is 1. The summed E-state index contributed by atoms with van der Waals surface area (Å²) in [6.45, 7) is 2.01. The normalized spacial score (nSPS) is 10.9. The van der Waals surface area contributed by atoms with Crippen LogP contribution < -0.4 is 0 Å². The molecule has 0 saturated heterocycles. The minimum atomic E-state index is -0.315. The summed E-state index contributed by atoms with van der Waals surface area (Å²) in [5, 5.41) is 0.914. The van der Waals surface area contributed by atoms with E-state index in [0.29, 0.717) is 11.1 Å². The van der Waals surface area contributed by atoms with Crippen LogP contribution in [0, 0.1) is 12.7 Å². The number of fused-ring (bicyclic) bond motifs is 1. The lowest BCUT2D eigenvalue weighted by atomic mass is 10.0. The van der Waals surface area contributed by atoms with E-state index in [0.717, 1.165) is 16.5 Å². The van der Waals surface area contributed by atoms with Crippen LogP contribution in [0.15, 0.2) is 48.7 Å². The number of aromatic amines is 1. The van der Waals surface area contributed by atoms with Crippen LogP contribution in [0.5, 0.6) is 0 Å². The van der Waals surface area contributed by atoms with E-state index in [1.54, 1.807) is 18.3 Å². The number of Topliss-reactive ketones (excluding diaryl/α,β-unsaturated/α-hetero) is 1. The van der Waals surface area contributed by atoms with Crippen molar-refractivity contribution in [1.82, 2.24) is 4.98 Å². The summed E-state index contributed by atoms with van der Waals surface area (Å²) in [6, 6.07) is 12.1. The topological polar surface area (TPSA) is 32.9 Å². The van der Waals surface area contributed by atoms with Crippen LogP contribution in [0.3, 0.4) is 0 Å². The summed E-state index contributed by atoms with van der Waals surface area (Å²) in [4.78, 5) is 15.5. The zero-order chi connectivity index (χ0) is 14.1. The summed E-state index contributed by atoms with van der Waals surface area (Å²) < 4.78 is 13.1. The second kappa shape index (κ2) is 4.93. The molecule has 2 aromatic carbocycles. The highest BCUT2D eigenvalue weighted by Gasteiger charge is 2.12. The molecule has 1 N–H and O–H groups in total. The molecule has 0 fully saturated rings. The Morgan fingerprint density at radius 1 is 1.20 bits per heavy atom. The number of nitrogens with one attached hydrogen (secondary N) is 1. The molecule has 0 aliphatic carbocycles. The number of aryl methyl sites for hydroxylation is 1. The van der Waals surface area contributed by atoms with Gasteiger partial charge in [-0.3, -0.25) is 4.79 Å². The van der Waals surface area contributed by atoms with Crippen molar-refractivity contribution in [2.45, 2.75) is 13.3 Å². The van der Waals surface area contributed by atoms with Gasteiger partial charge in [0, 0.05) is 29.1 Å². The lowest BCUT2D eigenvalue weighted by Gasteiger charge is -2.01. The molecule has 1 aromatic heterocycles. The molecular weight excluding hydrogens is 253 g/mol. The predicted molar refractivity (Wildman–Crippen MR) is 77.5 cm³/mol. The SMILES string of the molecule is Cc1ccc2c(C(=O)Cc3cccc(F)c3)c[nH]c2c1. The fraction of sp³-hybridized carbons (Fsp3) is 0.118. The molecule has 0 saturated carbocycles. The molecule has 100 valence electrons. The standard InChI is InChI=1S/C17H14FNO/c1-11-5-6-14-15(10-19-16(14)7-11)17(20)9-12-3-2-4-13(18)8-12/h2-8,10,19H,9H2,1H3. The number of carbonyl (C=O) groups is 1. The second-order valence-corrected chi connectivity index (χ2v) is 4.98. The van der Waals surface area contributed by atoms with Crippen molar-refractivity contribution >= 4 is 16.7 Å². The lowest BCUT2D eigenvalue weighted by Crippen LogP contribution is -2.03. The Bertz CT molecular complexity index is 789. The van der Waals surface area contributed by atoms with Crippen LogP contribution in [0.25, 0.3) is 10.9 Å². The van der Waals surface area contributed by atoms with Gasteiger partial charge in [0.05, 0.1) is 0 Å². The number of hydrogen-bond donors (Lipinski definition) is 1. The number of hydrogen-bond acceptors (Lipinski definition) is 1. The number of H-pyrrole nitrogens is 1. The third-order valence-electron chi connectivity index (χ3n) is 3.39. The summed E-state index contributed by atoms with van der Waals surface area (Å²) in [5.74, 6) is -0.324. The highest BCUT2D eigenvalue weighted by atomic mass is 19.1. The Morgan fingerprint density at radius 2 is 2.05 bits per heavy atom. The number of halogens is 1. The quantitative estimate of drug-likeness (QED) is 0.714. The third kappa shape index (κ3) is 2.35. The molecule has 2 nitrogen and oxygen atoms in total. The monoisotopic (exact) mass is 267 g/mol. The second-order valence-electron chi connectivity index (χ2n) is 4.98. The molecule has 3 aromatic rings. The Hall–Kier alpha value is -2.42. The summed E-state index contributed by atoms with van der Waals surface area (Å²) >= 11 is 0. The van der Waals surface area contributed by atoms with Crippen LogP contribution in [-0.2, 0) is 6.42 Å². The Morgan fingerprint density at radius 3 is 2.85 bits per heavy atom. The van der Waals surface area contributed by atoms with Gasteiger partial charge in [-0.05, 0) is 36.2 Å². The molecule has 3 heteroatoms. The first-order chi connectivity index (χ1) is 9.63. The van der Waals surface area contributed by atoms with Gasteiger partial charge in [0.2, 0.25) is 0 Å². The largest absolute Gasteiger partial charge is 0.360 e. The summed E-state index contributed by atoms with van der Waals surface area (Å²) in [5.41, 5.74) is 3.44. The van der Waals surface area contributed by atoms with Gasteiger partial charge in [0.25, 0.3) is 0 Å². The third-order valence-corrected chi connectivity index (χ3v) is 3.39. The molecule has 3 rings (SSSR count). The van der Waals surface area contributed by atoms with Crippen molar-refractivity contribution in [3.05, 3.63) is 71.2 Å². The number of rotatable bonds is 3. The highest BCUT2D eigenvalue weighted by Crippen LogP contribution is 2.21. The van der Waals surface area contributed by atoms with Crippen LogP contribution >= 0.6 is 0 Å². The minimum Gasteiger partial charge on any atom is -0.360 e. The molecule has 1 heterocycles. The Kier molecular flexibility index (Phi) is 3.11. The van der Waals surface area contributed by atoms with E-state index in [4.69, 9.17) is 0 Å². The van der Waals surface area contributed by atoms with E-state index in [9.17, 15) is 9.18 Å². The van der Waals surface area contributed by atoms with Gasteiger partial charge < -0.3 is 4.98 Å². The zero-order valence-electron chi connectivity index (χ0n) is 11.1. The molecule has 0 aliphatic heterocycles. The fourth-order valence-electron chi connectivity index (χ4n) is 2.40. The molecule has 0 aliphatic rings. The molecule has 0 bridgehead atoms. The van der Waals surface area contributed by atoms with E-state index in [-0.39, 0.29) is 18.0 Å². The predicted octanol–water partition coefficient (Wildman–Crippen LogP) is 4.04. The number of ketones is 1. The maximum absolute atomic E-state index is 13.1. The summed E-state index contributed by atoms with van der Waals surface area (Å²) in [6.07, 6.45) is 1.93. The number of carbonyl (C=O) groups excluding carboxylic acids is 1. The Balaban J connectivity index is 1.93. The average molecular weight is 267 g/mol. The van der Waals surface area contributed by atoms with Crippen molar-refractivity contribution in [3.63, 3.8) is 0 Å². The molecule has 0 radical (unpaired) electrons. The van der Waals surface area contributed by atoms with Crippen molar-refractivity contribution in [2.24, 2.45) is 0 Å².